The van der Waals surface area contributed by atoms with Gasteiger partial charge in [-0.3, -0.25) is 0 Å². The quantitative estimate of drug-likeness (QED) is 0.857. The number of rotatable bonds is 5. The normalized spacial score (nSPS) is 26.2. The third kappa shape index (κ3) is 3.42. The Bertz CT molecular complexity index is 463. The average Bonchev–Trinajstić information content (AvgIpc) is 3.00. The third-order valence-corrected chi connectivity index (χ3v) is 5.46. The Labute approximate surface area is 129 Å². The number of nitrogens with two attached hydrogens (primary N) is 1. The summed E-state index contributed by atoms with van der Waals surface area (Å²) in [5.74, 6) is 2.69. The van der Waals surface area contributed by atoms with Gasteiger partial charge in [0.15, 0.2) is 0 Å². The van der Waals surface area contributed by atoms with E-state index < -0.39 is 0 Å². The smallest absolute Gasteiger partial charge is 0.122 e. The van der Waals surface area contributed by atoms with Crippen molar-refractivity contribution in [2.75, 3.05) is 6.61 Å². The molecule has 1 heterocycles. The van der Waals surface area contributed by atoms with Crippen LogP contribution >= 0.6 is 0 Å². The van der Waals surface area contributed by atoms with Crippen molar-refractivity contribution >= 4 is 0 Å². The first kappa shape index (κ1) is 14.9. The van der Waals surface area contributed by atoms with Crippen molar-refractivity contribution < 1.29 is 4.74 Å². The van der Waals surface area contributed by atoms with Crippen LogP contribution in [0.5, 0.6) is 5.75 Å². The van der Waals surface area contributed by atoms with E-state index in [1.807, 2.05) is 0 Å². The zero-order valence-electron chi connectivity index (χ0n) is 13.3. The van der Waals surface area contributed by atoms with Crippen molar-refractivity contribution in [1.82, 2.24) is 0 Å². The van der Waals surface area contributed by atoms with E-state index in [0.717, 1.165) is 24.7 Å². The molecule has 3 rings (SSSR count). The predicted molar refractivity (Wildman–Crippen MR) is 87.5 cm³/mol. The predicted octanol–water partition coefficient (Wildman–Crippen LogP) is 4.62. The lowest BCUT2D eigenvalue weighted by molar-refractivity contribution is 0.232. The highest BCUT2D eigenvalue weighted by molar-refractivity contribution is 5.40. The number of hydrogen-bond acceptors (Lipinski definition) is 2. The van der Waals surface area contributed by atoms with Gasteiger partial charge in [0.25, 0.3) is 0 Å². The summed E-state index contributed by atoms with van der Waals surface area (Å²) in [5, 5.41) is 0. The van der Waals surface area contributed by atoms with E-state index in [1.165, 1.54) is 56.1 Å². The van der Waals surface area contributed by atoms with Crippen LogP contribution < -0.4 is 10.5 Å². The highest BCUT2D eigenvalue weighted by atomic mass is 16.5. The van der Waals surface area contributed by atoms with E-state index in [-0.39, 0.29) is 6.04 Å². The maximum Gasteiger partial charge on any atom is 0.122 e. The molecule has 0 spiro atoms. The summed E-state index contributed by atoms with van der Waals surface area (Å²) < 4.78 is 5.59. The second kappa shape index (κ2) is 6.83. The van der Waals surface area contributed by atoms with Gasteiger partial charge < -0.3 is 10.5 Å². The molecule has 2 heteroatoms. The second-order valence-corrected chi connectivity index (χ2v) is 6.91. The molecule has 0 saturated heterocycles. The van der Waals surface area contributed by atoms with E-state index in [4.69, 9.17) is 10.5 Å². The third-order valence-electron chi connectivity index (χ3n) is 5.46. The zero-order valence-corrected chi connectivity index (χ0v) is 13.3. The molecule has 1 aromatic carbocycles. The Morgan fingerprint density at radius 2 is 2.05 bits per heavy atom. The fraction of sp³-hybridized carbons (Fsp3) is 0.684. The minimum absolute atomic E-state index is 0.211. The minimum Gasteiger partial charge on any atom is -0.493 e. The molecule has 1 saturated carbocycles. The van der Waals surface area contributed by atoms with E-state index in [9.17, 15) is 0 Å². The van der Waals surface area contributed by atoms with E-state index in [2.05, 4.69) is 25.1 Å². The first-order valence-corrected chi connectivity index (χ1v) is 8.79. The van der Waals surface area contributed by atoms with Gasteiger partial charge in [0.1, 0.15) is 5.75 Å². The van der Waals surface area contributed by atoms with Gasteiger partial charge in [0, 0.05) is 12.5 Å². The molecule has 0 radical (unpaired) electrons. The lowest BCUT2D eigenvalue weighted by atomic mass is 9.75. The van der Waals surface area contributed by atoms with E-state index >= 15 is 0 Å². The molecule has 0 bridgehead atoms. The molecule has 1 aliphatic heterocycles. The topological polar surface area (TPSA) is 35.2 Å². The number of benzene rings is 1. The number of fused-ring (bicyclic) bond motifs is 1. The molecule has 21 heavy (non-hydrogen) atoms. The van der Waals surface area contributed by atoms with E-state index in [0.29, 0.717) is 5.92 Å². The maximum absolute atomic E-state index is 6.57. The van der Waals surface area contributed by atoms with Crippen LogP contribution in [0.2, 0.25) is 0 Å². The summed E-state index contributed by atoms with van der Waals surface area (Å²) in [6.07, 6.45) is 10.6. The molecule has 0 aromatic heterocycles. The summed E-state index contributed by atoms with van der Waals surface area (Å²) in [6, 6.07) is 6.79. The lowest BCUT2D eigenvalue weighted by Gasteiger charge is -2.32. The monoisotopic (exact) mass is 287 g/mol. The standard InChI is InChI=1S/C19H29NO/c1-2-3-4-14-5-7-15(8-6-14)19(20)17-9-10-18-16(13-17)11-12-21-18/h9-10,13-15,19H,2-8,11-12,20H2,1H3. The van der Waals surface area contributed by atoms with Crippen LogP contribution in [0.3, 0.4) is 0 Å². The fourth-order valence-electron chi connectivity index (χ4n) is 4.01. The van der Waals surface area contributed by atoms with Crippen molar-refractivity contribution in [2.45, 2.75) is 64.3 Å². The fourth-order valence-corrected chi connectivity index (χ4v) is 4.01. The van der Waals surface area contributed by atoms with E-state index in [1.54, 1.807) is 0 Å². The van der Waals surface area contributed by atoms with Crippen molar-refractivity contribution in [3.8, 4) is 5.75 Å². The number of unbranched alkanes of at least 4 members (excludes halogenated alkanes) is 1. The zero-order chi connectivity index (χ0) is 14.7. The molecule has 116 valence electrons. The first-order chi connectivity index (χ1) is 10.3. The van der Waals surface area contributed by atoms with Crippen LogP contribution in [-0.2, 0) is 6.42 Å². The summed E-state index contributed by atoms with van der Waals surface area (Å²) >= 11 is 0. The van der Waals surface area contributed by atoms with Crippen LogP contribution in [0.4, 0.5) is 0 Å². The Balaban J connectivity index is 1.57. The van der Waals surface area contributed by atoms with Crippen molar-refractivity contribution in [1.29, 1.82) is 0 Å². The average molecular weight is 287 g/mol. The molecule has 1 atom stereocenters. The summed E-state index contributed by atoms with van der Waals surface area (Å²) in [7, 11) is 0. The molecule has 1 fully saturated rings. The Hall–Kier alpha value is -1.02. The van der Waals surface area contributed by atoms with Gasteiger partial charge in [-0.05, 0) is 41.9 Å². The molecule has 1 aromatic rings. The SMILES string of the molecule is CCCCC1CCC(C(N)c2ccc3c(c2)CCO3)CC1. The maximum atomic E-state index is 6.57. The van der Waals surface area contributed by atoms with Gasteiger partial charge in [0.05, 0.1) is 6.61 Å². The first-order valence-electron chi connectivity index (χ1n) is 8.79. The van der Waals surface area contributed by atoms with Gasteiger partial charge in [0.2, 0.25) is 0 Å². The van der Waals surface area contributed by atoms with Crippen LogP contribution in [-0.4, -0.2) is 6.61 Å². The molecule has 2 aliphatic rings. The highest BCUT2D eigenvalue weighted by Crippen LogP contribution is 2.38. The molecule has 1 unspecified atom stereocenters. The van der Waals surface area contributed by atoms with Crippen LogP contribution in [0.1, 0.15) is 69.0 Å². The lowest BCUT2D eigenvalue weighted by Crippen LogP contribution is -2.26. The Kier molecular flexibility index (Phi) is 4.84. The Morgan fingerprint density at radius 1 is 1.24 bits per heavy atom. The summed E-state index contributed by atoms with van der Waals surface area (Å²) in [4.78, 5) is 0. The van der Waals surface area contributed by atoms with Crippen molar-refractivity contribution in [3.63, 3.8) is 0 Å². The van der Waals surface area contributed by atoms with Gasteiger partial charge in [-0.15, -0.1) is 0 Å². The summed E-state index contributed by atoms with van der Waals surface area (Å²) in [5.41, 5.74) is 9.23. The van der Waals surface area contributed by atoms with Gasteiger partial charge in [-0.1, -0.05) is 51.2 Å². The summed E-state index contributed by atoms with van der Waals surface area (Å²) in [6.45, 7) is 3.12. The van der Waals surface area contributed by atoms with Crippen LogP contribution in [0.15, 0.2) is 18.2 Å². The molecule has 2 N–H and O–H groups in total. The van der Waals surface area contributed by atoms with Crippen LogP contribution in [0.25, 0.3) is 0 Å². The molecular formula is C19H29NO. The van der Waals surface area contributed by atoms with Gasteiger partial charge >= 0.3 is 0 Å². The van der Waals surface area contributed by atoms with Gasteiger partial charge in [-0.25, -0.2) is 0 Å². The van der Waals surface area contributed by atoms with Crippen molar-refractivity contribution in [2.24, 2.45) is 17.6 Å². The number of ether oxygens (including phenoxy) is 1. The van der Waals surface area contributed by atoms with Crippen molar-refractivity contribution in [3.05, 3.63) is 29.3 Å². The minimum atomic E-state index is 0.211. The Morgan fingerprint density at radius 3 is 2.81 bits per heavy atom. The molecule has 2 nitrogen and oxygen atoms in total. The van der Waals surface area contributed by atoms with Crippen LogP contribution in [0, 0.1) is 11.8 Å². The molecule has 1 aliphatic carbocycles. The highest BCUT2D eigenvalue weighted by Gasteiger charge is 2.27. The molecule has 0 amide bonds. The molecular weight excluding hydrogens is 258 g/mol. The largest absolute Gasteiger partial charge is 0.493 e. The second-order valence-electron chi connectivity index (χ2n) is 6.91. The number of hydrogen-bond donors (Lipinski definition) is 1. The van der Waals surface area contributed by atoms with Gasteiger partial charge in [-0.2, -0.15) is 0 Å².